The molecule has 0 fully saturated rings. The minimum atomic E-state index is -0.275. The van der Waals surface area contributed by atoms with E-state index in [1.165, 1.54) is 23.9 Å². The van der Waals surface area contributed by atoms with Crippen molar-refractivity contribution in [1.82, 2.24) is 10.1 Å². The van der Waals surface area contributed by atoms with E-state index in [1.54, 1.807) is 30.3 Å². The molecular formula is C15H11FN2O2S. The van der Waals surface area contributed by atoms with E-state index in [0.717, 1.165) is 4.90 Å². The van der Waals surface area contributed by atoms with Gasteiger partial charge in [0.2, 0.25) is 0 Å². The van der Waals surface area contributed by atoms with Gasteiger partial charge in [0.1, 0.15) is 11.6 Å². The van der Waals surface area contributed by atoms with E-state index in [4.69, 9.17) is 4.52 Å². The largest absolute Gasteiger partial charge is 0.507 e. The van der Waals surface area contributed by atoms with Crippen LogP contribution in [0.5, 0.6) is 5.75 Å². The Balaban J connectivity index is 1.72. The molecule has 0 atom stereocenters. The first-order chi connectivity index (χ1) is 10.2. The summed E-state index contributed by atoms with van der Waals surface area (Å²) < 4.78 is 18.2. The second-order valence-electron chi connectivity index (χ2n) is 4.28. The van der Waals surface area contributed by atoms with Gasteiger partial charge in [-0.1, -0.05) is 23.4 Å². The standard InChI is InChI=1S/C15H11FN2O2S/c16-10-4-3-5-11(8-10)21-9-14-17-15(20-18-14)12-6-1-2-7-13(12)19/h1-8,19H,9H2. The van der Waals surface area contributed by atoms with Crippen LogP contribution < -0.4 is 0 Å². The fourth-order valence-corrected chi connectivity index (χ4v) is 2.56. The molecule has 1 N–H and O–H groups in total. The van der Waals surface area contributed by atoms with Crippen LogP contribution in [0.15, 0.2) is 57.9 Å². The number of para-hydroxylation sites is 1. The third-order valence-corrected chi connectivity index (χ3v) is 3.76. The molecule has 1 heterocycles. The maximum Gasteiger partial charge on any atom is 0.261 e. The van der Waals surface area contributed by atoms with Gasteiger partial charge in [0.25, 0.3) is 5.89 Å². The number of phenols is 1. The zero-order chi connectivity index (χ0) is 14.7. The van der Waals surface area contributed by atoms with Gasteiger partial charge in [-0.2, -0.15) is 4.98 Å². The molecule has 3 aromatic rings. The van der Waals surface area contributed by atoms with Crippen LogP contribution in [-0.4, -0.2) is 15.2 Å². The topological polar surface area (TPSA) is 59.2 Å². The SMILES string of the molecule is Oc1ccccc1-c1nc(CSc2cccc(F)c2)no1. The molecule has 0 saturated carbocycles. The summed E-state index contributed by atoms with van der Waals surface area (Å²) in [5, 5.41) is 13.6. The van der Waals surface area contributed by atoms with E-state index in [2.05, 4.69) is 10.1 Å². The molecule has 3 rings (SSSR count). The van der Waals surface area contributed by atoms with E-state index < -0.39 is 0 Å². The summed E-state index contributed by atoms with van der Waals surface area (Å²) in [7, 11) is 0. The maximum atomic E-state index is 13.1. The van der Waals surface area contributed by atoms with Crippen LogP contribution in [0.4, 0.5) is 4.39 Å². The van der Waals surface area contributed by atoms with Gasteiger partial charge in [-0.05, 0) is 30.3 Å². The molecule has 0 bridgehead atoms. The Morgan fingerprint density at radius 2 is 2.00 bits per heavy atom. The minimum absolute atomic E-state index is 0.0884. The van der Waals surface area contributed by atoms with Gasteiger partial charge in [0.05, 0.1) is 11.3 Å². The molecule has 0 aliphatic rings. The summed E-state index contributed by atoms with van der Waals surface area (Å²) in [4.78, 5) is 5.02. The lowest BCUT2D eigenvalue weighted by atomic mass is 10.2. The molecule has 4 nitrogen and oxygen atoms in total. The summed E-state index contributed by atoms with van der Waals surface area (Å²) in [6.07, 6.45) is 0. The predicted molar refractivity (Wildman–Crippen MR) is 77.4 cm³/mol. The van der Waals surface area contributed by atoms with Gasteiger partial charge in [-0.25, -0.2) is 4.39 Å². The highest BCUT2D eigenvalue weighted by Crippen LogP contribution is 2.28. The van der Waals surface area contributed by atoms with Crippen LogP contribution in [0.1, 0.15) is 5.82 Å². The monoisotopic (exact) mass is 302 g/mol. The summed E-state index contributed by atoms with van der Waals surface area (Å²) in [5.41, 5.74) is 0.493. The highest BCUT2D eigenvalue weighted by molar-refractivity contribution is 7.98. The molecule has 0 amide bonds. The smallest absolute Gasteiger partial charge is 0.261 e. The molecule has 0 unspecified atom stereocenters. The van der Waals surface area contributed by atoms with Crippen molar-refractivity contribution >= 4 is 11.8 Å². The van der Waals surface area contributed by atoms with Crippen molar-refractivity contribution in [2.24, 2.45) is 0 Å². The van der Waals surface area contributed by atoms with Gasteiger partial charge in [0, 0.05) is 4.90 Å². The van der Waals surface area contributed by atoms with Crippen LogP contribution in [0, 0.1) is 5.82 Å². The molecule has 0 radical (unpaired) electrons. The number of nitrogens with zero attached hydrogens (tertiary/aromatic N) is 2. The molecule has 6 heteroatoms. The number of hydrogen-bond donors (Lipinski definition) is 1. The van der Waals surface area contributed by atoms with Crippen molar-refractivity contribution in [3.05, 3.63) is 60.2 Å². The Morgan fingerprint density at radius 1 is 1.14 bits per heavy atom. The van der Waals surface area contributed by atoms with Gasteiger partial charge < -0.3 is 9.63 Å². The Bertz CT molecular complexity index is 761. The van der Waals surface area contributed by atoms with E-state index in [1.807, 2.05) is 6.07 Å². The average Bonchev–Trinajstić information content (AvgIpc) is 2.94. The predicted octanol–water partition coefficient (Wildman–Crippen LogP) is 3.87. The summed E-state index contributed by atoms with van der Waals surface area (Å²) in [6, 6.07) is 13.1. The van der Waals surface area contributed by atoms with Crippen molar-refractivity contribution in [3.8, 4) is 17.2 Å². The number of benzene rings is 2. The molecule has 1 aromatic heterocycles. The molecular weight excluding hydrogens is 291 g/mol. The van der Waals surface area contributed by atoms with Gasteiger partial charge >= 0.3 is 0 Å². The number of aromatic nitrogens is 2. The molecule has 2 aromatic carbocycles. The Morgan fingerprint density at radius 3 is 2.81 bits per heavy atom. The van der Waals surface area contributed by atoms with Crippen LogP contribution in [0.2, 0.25) is 0 Å². The van der Waals surface area contributed by atoms with Crippen molar-refractivity contribution in [1.29, 1.82) is 0 Å². The van der Waals surface area contributed by atoms with Crippen molar-refractivity contribution in [2.45, 2.75) is 10.6 Å². The van der Waals surface area contributed by atoms with Crippen LogP contribution in [-0.2, 0) is 5.75 Å². The third-order valence-electron chi connectivity index (χ3n) is 2.77. The van der Waals surface area contributed by atoms with Crippen LogP contribution in [0.25, 0.3) is 11.5 Å². The second kappa shape index (κ2) is 5.97. The average molecular weight is 302 g/mol. The molecule has 21 heavy (non-hydrogen) atoms. The van der Waals surface area contributed by atoms with E-state index in [0.29, 0.717) is 17.1 Å². The maximum absolute atomic E-state index is 13.1. The Labute approximate surface area is 124 Å². The normalized spacial score (nSPS) is 10.7. The van der Waals surface area contributed by atoms with E-state index >= 15 is 0 Å². The number of aromatic hydroxyl groups is 1. The zero-order valence-electron chi connectivity index (χ0n) is 10.9. The number of phenolic OH excluding ortho intramolecular Hbond substituents is 1. The molecule has 0 saturated heterocycles. The number of rotatable bonds is 4. The first kappa shape index (κ1) is 13.6. The fraction of sp³-hybridized carbons (Fsp3) is 0.0667. The van der Waals surface area contributed by atoms with Crippen LogP contribution >= 0.6 is 11.8 Å². The first-order valence-electron chi connectivity index (χ1n) is 6.22. The quantitative estimate of drug-likeness (QED) is 0.741. The van der Waals surface area contributed by atoms with Crippen molar-refractivity contribution < 1.29 is 14.0 Å². The fourth-order valence-electron chi connectivity index (χ4n) is 1.78. The molecule has 106 valence electrons. The lowest BCUT2D eigenvalue weighted by Gasteiger charge is -1.98. The Kier molecular flexibility index (Phi) is 3.87. The van der Waals surface area contributed by atoms with Crippen molar-refractivity contribution in [2.75, 3.05) is 0 Å². The minimum Gasteiger partial charge on any atom is -0.507 e. The first-order valence-corrected chi connectivity index (χ1v) is 7.20. The molecule has 0 spiro atoms. The number of halogens is 1. The summed E-state index contributed by atoms with van der Waals surface area (Å²) in [5.74, 6) is 1.03. The molecule has 0 aliphatic heterocycles. The summed E-state index contributed by atoms with van der Waals surface area (Å²) >= 11 is 1.41. The van der Waals surface area contributed by atoms with E-state index in [-0.39, 0.29) is 17.5 Å². The van der Waals surface area contributed by atoms with Gasteiger partial charge in [0.15, 0.2) is 5.82 Å². The van der Waals surface area contributed by atoms with Gasteiger partial charge in [-0.15, -0.1) is 11.8 Å². The highest BCUT2D eigenvalue weighted by Gasteiger charge is 2.12. The Hall–Kier alpha value is -2.34. The summed E-state index contributed by atoms with van der Waals surface area (Å²) in [6.45, 7) is 0. The lowest BCUT2D eigenvalue weighted by molar-refractivity contribution is 0.419. The zero-order valence-corrected chi connectivity index (χ0v) is 11.7. The number of hydrogen-bond acceptors (Lipinski definition) is 5. The van der Waals surface area contributed by atoms with Crippen LogP contribution in [0.3, 0.4) is 0 Å². The second-order valence-corrected chi connectivity index (χ2v) is 5.33. The third kappa shape index (κ3) is 3.22. The number of thioether (sulfide) groups is 1. The van der Waals surface area contributed by atoms with E-state index in [9.17, 15) is 9.50 Å². The van der Waals surface area contributed by atoms with Crippen molar-refractivity contribution in [3.63, 3.8) is 0 Å². The molecule has 0 aliphatic carbocycles. The van der Waals surface area contributed by atoms with Gasteiger partial charge in [-0.3, -0.25) is 0 Å². The highest BCUT2D eigenvalue weighted by atomic mass is 32.2. The lowest BCUT2D eigenvalue weighted by Crippen LogP contribution is -1.85.